The van der Waals surface area contributed by atoms with E-state index >= 15 is 0 Å². The number of hydrogen-bond donors (Lipinski definition) is 0. The van der Waals surface area contributed by atoms with Crippen molar-refractivity contribution in [1.29, 1.82) is 0 Å². The molecular formula is C11H18F3NO2. The van der Waals surface area contributed by atoms with E-state index in [0.717, 1.165) is 6.42 Å². The summed E-state index contributed by atoms with van der Waals surface area (Å²) in [6.45, 7) is 4.75. The fourth-order valence-electron chi connectivity index (χ4n) is 2.18. The highest BCUT2D eigenvalue weighted by atomic mass is 19.4. The van der Waals surface area contributed by atoms with Crippen LogP contribution in [0.25, 0.3) is 0 Å². The van der Waals surface area contributed by atoms with Gasteiger partial charge in [-0.1, -0.05) is 13.8 Å². The smallest absolute Gasteiger partial charge is 0.422 e. The Morgan fingerprint density at radius 2 is 1.94 bits per heavy atom. The Morgan fingerprint density at radius 3 is 2.47 bits per heavy atom. The standard InChI is InChI=1S/C11H18F3NO2/c1-7-4-8(2)9(3)15(5-7)10(16)17-6-11(12,13)14/h7-9H,4-6H2,1-3H3. The quantitative estimate of drug-likeness (QED) is 0.718. The first-order valence-electron chi connectivity index (χ1n) is 5.71. The zero-order chi connectivity index (χ0) is 13.2. The number of amides is 1. The Hall–Kier alpha value is -0.940. The maximum Gasteiger partial charge on any atom is 0.422 e. The molecule has 1 amide bonds. The minimum atomic E-state index is -4.47. The molecule has 1 heterocycles. The Morgan fingerprint density at radius 1 is 1.35 bits per heavy atom. The molecule has 0 radical (unpaired) electrons. The summed E-state index contributed by atoms with van der Waals surface area (Å²) in [7, 11) is 0. The second kappa shape index (κ2) is 5.14. The zero-order valence-electron chi connectivity index (χ0n) is 10.3. The molecule has 1 aliphatic rings. The van der Waals surface area contributed by atoms with Crippen molar-refractivity contribution in [2.24, 2.45) is 11.8 Å². The van der Waals surface area contributed by atoms with Gasteiger partial charge in [-0.2, -0.15) is 13.2 Å². The maximum atomic E-state index is 11.9. The molecule has 0 bridgehead atoms. The number of piperidine rings is 1. The average Bonchev–Trinajstić information content (AvgIpc) is 2.19. The van der Waals surface area contributed by atoms with Crippen molar-refractivity contribution >= 4 is 6.09 Å². The molecule has 0 spiro atoms. The third kappa shape index (κ3) is 4.09. The van der Waals surface area contributed by atoms with E-state index in [1.54, 1.807) is 0 Å². The molecule has 0 aromatic rings. The van der Waals surface area contributed by atoms with E-state index in [1.165, 1.54) is 4.90 Å². The molecule has 1 fully saturated rings. The van der Waals surface area contributed by atoms with Gasteiger partial charge in [0.25, 0.3) is 0 Å². The molecule has 0 aromatic heterocycles. The predicted octanol–water partition coefficient (Wildman–Crippen LogP) is 3.05. The summed E-state index contributed by atoms with van der Waals surface area (Å²) in [6.07, 6.45) is -4.36. The Bertz CT molecular complexity index is 280. The van der Waals surface area contributed by atoms with Crippen molar-refractivity contribution < 1.29 is 22.7 Å². The number of rotatable bonds is 1. The molecule has 0 N–H and O–H groups in total. The summed E-state index contributed by atoms with van der Waals surface area (Å²) >= 11 is 0. The average molecular weight is 253 g/mol. The molecule has 3 nitrogen and oxygen atoms in total. The third-order valence-corrected chi connectivity index (χ3v) is 3.19. The summed E-state index contributed by atoms with van der Waals surface area (Å²) in [6, 6.07) is -0.0769. The minimum absolute atomic E-state index is 0.0769. The molecule has 100 valence electrons. The highest BCUT2D eigenvalue weighted by Crippen LogP contribution is 2.27. The molecule has 0 aliphatic carbocycles. The van der Waals surface area contributed by atoms with Crippen LogP contribution >= 0.6 is 0 Å². The highest BCUT2D eigenvalue weighted by molar-refractivity contribution is 5.68. The SMILES string of the molecule is CC1CC(C)C(C)N(C(=O)OCC(F)(F)F)C1. The lowest BCUT2D eigenvalue weighted by Crippen LogP contribution is -2.49. The van der Waals surface area contributed by atoms with E-state index in [1.807, 2.05) is 20.8 Å². The fourth-order valence-corrected chi connectivity index (χ4v) is 2.18. The van der Waals surface area contributed by atoms with E-state index in [-0.39, 0.29) is 12.0 Å². The highest BCUT2D eigenvalue weighted by Gasteiger charge is 2.35. The first kappa shape index (κ1) is 14.1. The summed E-state index contributed by atoms with van der Waals surface area (Å²) in [5.74, 6) is 0.567. The van der Waals surface area contributed by atoms with Crippen molar-refractivity contribution in [3.05, 3.63) is 0 Å². The number of likely N-dealkylation sites (tertiary alicyclic amines) is 1. The number of halogens is 3. The zero-order valence-corrected chi connectivity index (χ0v) is 10.3. The number of ether oxygens (including phenoxy) is 1. The van der Waals surface area contributed by atoms with Gasteiger partial charge in [0.05, 0.1) is 0 Å². The van der Waals surface area contributed by atoms with Gasteiger partial charge in [-0.3, -0.25) is 0 Å². The topological polar surface area (TPSA) is 29.5 Å². The maximum absolute atomic E-state index is 11.9. The predicted molar refractivity (Wildman–Crippen MR) is 56.5 cm³/mol. The number of nitrogens with zero attached hydrogens (tertiary/aromatic N) is 1. The summed E-state index contributed by atoms with van der Waals surface area (Å²) in [5, 5.41) is 0. The van der Waals surface area contributed by atoms with Crippen molar-refractivity contribution in [3.63, 3.8) is 0 Å². The first-order valence-corrected chi connectivity index (χ1v) is 5.71. The minimum Gasteiger partial charge on any atom is -0.440 e. The van der Waals surface area contributed by atoms with Crippen LogP contribution < -0.4 is 0 Å². The van der Waals surface area contributed by atoms with Crippen LogP contribution in [0.5, 0.6) is 0 Å². The van der Waals surface area contributed by atoms with Crippen LogP contribution in [0, 0.1) is 11.8 Å². The molecule has 0 saturated carbocycles. The van der Waals surface area contributed by atoms with Crippen LogP contribution in [0.15, 0.2) is 0 Å². The molecule has 3 atom stereocenters. The van der Waals surface area contributed by atoms with Gasteiger partial charge in [0, 0.05) is 12.6 Å². The van der Waals surface area contributed by atoms with Gasteiger partial charge >= 0.3 is 12.3 Å². The summed E-state index contributed by atoms with van der Waals surface area (Å²) < 4.78 is 40.1. The van der Waals surface area contributed by atoms with Gasteiger partial charge in [-0.25, -0.2) is 4.79 Å². The van der Waals surface area contributed by atoms with Crippen LogP contribution in [-0.4, -0.2) is 36.4 Å². The van der Waals surface area contributed by atoms with Gasteiger partial charge < -0.3 is 9.64 Å². The lowest BCUT2D eigenvalue weighted by Gasteiger charge is -2.40. The summed E-state index contributed by atoms with van der Waals surface area (Å²) in [5.41, 5.74) is 0. The molecule has 1 rings (SSSR count). The van der Waals surface area contributed by atoms with Crippen LogP contribution in [0.4, 0.5) is 18.0 Å². The van der Waals surface area contributed by atoms with E-state index in [4.69, 9.17) is 0 Å². The van der Waals surface area contributed by atoms with E-state index in [0.29, 0.717) is 12.5 Å². The number of carbonyl (C=O) groups excluding carboxylic acids is 1. The number of alkyl halides is 3. The van der Waals surface area contributed by atoms with Gasteiger partial charge in [-0.05, 0) is 25.2 Å². The molecular weight excluding hydrogens is 235 g/mol. The third-order valence-electron chi connectivity index (χ3n) is 3.19. The second-order valence-corrected chi connectivity index (χ2v) is 4.88. The largest absolute Gasteiger partial charge is 0.440 e. The van der Waals surface area contributed by atoms with Crippen molar-refractivity contribution in [3.8, 4) is 0 Å². The molecule has 17 heavy (non-hydrogen) atoms. The molecule has 0 aromatic carbocycles. The fraction of sp³-hybridized carbons (Fsp3) is 0.909. The Balaban J connectivity index is 2.55. The first-order chi connectivity index (χ1) is 7.70. The second-order valence-electron chi connectivity index (χ2n) is 4.88. The molecule has 3 unspecified atom stereocenters. The molecule has 6 heteroatoms. The Kier molecular flexibility index (Phi) is 4.27. The normalized spacial score (nSPS) is 30.2. The van der Waals surface area contributed by atoms with Crippen molar-refractivity contribution in [2.75, 3.05) is 13.2 Å². The molecule has 1 saturated heterocycles. The van der Waals surface area contributed by atoms with Crippen LogP contribution in [0.2, 0.25) is 0 Å². The van der Waals surface area contributed by atoms with Crippen molar-refractivity contribution in [1.82, 2.24) is 4.90 Å². The van der Waals surface area contributed by atoms with Gasteiger partial charge in [-0.15, -0.1) is 0 Å². The molecule has 1 aliphatic heterocycles. The number of carbonyl (C=O) groups is 1. The number of hydrogen-bond acceptors (Lipinski definition) is 2. The Labute approximate surface area is 98.9 Å². The van der Waals surface area contributed by atoms with Gasteiger partial charge in [0.2, 0.25) is 0 Å². The summed E-state index contributed by atoms with van der Waals surface area (Å²) in [4.78, 5) is 12.9. The lowest BCUT2D eigenvalue weighted by molar-refractivity contribution is -0.163. The van der Waals surface area contributed by atoms with E-state index < -0.39 is 18.9 Å². The van der Waals surface area contributed by atoms with Crippen LogP contribution in [-0.2, 0) is 4.74 Å². The van der Waals surface area contributed by atoms with Crippen LogP contribution in [0.1, 0.15) is 27.2 Å². The van der Waals surface area contributed by atoms with Crippen molar-refractivity contribution in [2.45, 2.75) is 39.4 Å². The van der Waals surface area contributed by atoms with Gasteiger partial charge in [0.15, 0.2) is 6.61 Å². The van der Waals surface area contributed by atoms with E-state index in [9.17, 15) is 18.0 Å². The van der Waals surface area contributed by atoms with E-state index in [2.05, 4.69) is 4.74 Å². The van der Waals surface area contributed by atoms with Crippen LogP contribution in [0.3, 0.4) is 0 Å². The van der Waals surface area contributed by atoms with Gasteiger partial charge in [0.1, 0.15) is 0 Å². The lowest BCUT2D eigenvalue weighted by atomic mass is 9.86. The monoisotopic (exact) mass is 253 g/mol.